The van der Waals surface area contributed by atoms with Crippen molar-refractivity contribution in [2.45, 2.75) is 46.2 Å². The van der Waals surface area contributed by atoms with Crippen LogP contribution >= 0.6 is 15.9 Å². The average Bonchev–Trinajstić information content (AvgIpc) is 3.73. The number of carbonyl (C=O) groups excluding carboxylic acids is 1. The van der Waals surface area contributed by atoms with E-state index < -0.39 is 16.1 Å². The number of benzene rings is 1. The molecule has 2 saturated heterocycles. The van der Waals surface area contributed by atoms with Crippen LogP contribution in [0.3, 0.4) is 0 Å². The van der Waals surface area contributed by atoms with Gasteiger partial charge in [0.05, 0.1) is 29.1 Å². The molecule has 1 unspecified atom stereocenters. The van der Waals surface area contributed by atoms with Crippen LogP contribution in [0.5, 0.6) is 0 Å². The molecule has 240 valence electrons. The molecule has 12 nitrogen and oxygen atoms in total. The maximum absolute atomic E-state index is 12.5. The van der Waals surface area contributed by atoms with E-state index in [0.717, 1.165) is 49.4 Å². The van der Waals surface area contributed by atoms with Gasteiger partial charge in [0.25, 0.3) is 0 Å². The zero-order chi connectivity index (χ0) is 32.0. The lowest BCUT2D eigenvalue weighted by atomic mass is 10.0. The van der Waals surface area contributed by atoms with Gasteiger partial charge in [-0.2, -0.15) is 4.31 Å². The Kier molecular flexibility index (Phi) is 8.78. The predicted molar refractivity (Wildman–Crippen MR) is 178 cm³/mol. The Hall–Kier alpha value is -3.30. The summed E-state index contributed by atoms with van der Waals surface area (Å²) in [4.78, 5) is 27.5. The monoisotopic (exact) mass is 698 g/mol. The van der Waals surface area contributed by atoms with Crippen molar-refractivity contribution in [2.24, 2.45) is 5.73 Å². The number of sulfonamides is 1. The number of pyridine rings is 1. The van der Waals surface area contributed by atoms with Crippen molar-refractivity contribution in [1.82, 2.24) is 28.7 Å². The van der Waals surface area contributed by atoms with Gasteiger partial charge in [-0.05, 0) is 73.3 Å². The van der Waals surface area contributed by atoms with Crippen LogP contribution in [-0.2, 0) is 19.6 Å². The number of ether oxygens (including phenoxy) is 1. The van der Waals surface area contributed by atoms with E-state index in [1.807, 2.05) is 19.1 Å². The van der Waals surface area contributed by atoms with Crippen LogP contribution in [0.2, 0.25) is 0 Å². The van der Waals surface area contributed by atoms with E-state index in [0.29, 0.717) is 57.3 Å². The Bertz CT molecular complexity index is 1860. The van der Waals surface area contributed by atoms with Crippen LogP contribution in [-0.4, -0.2) is 94.2 Å². The van der Waals surface area contributed by atoms with Crippen LogP contribution in [0.4, 0.5) is 5.69 Å². The molecule has 14 heteroatoms. The molecular formula is C31H39BrN8O4S. The minimum Gasteiger partial charge on any atom is -0.379 e. The van der Waals surface area contributed by atoms with E-state index in [9.17, 15) is 13.2 Å². The van der Waals surface area contributed by atoms with Gasteiger partial charge in [0.15, 0.2) is 5.65 Å². The quantitative estimate of drug-likeness (QED) is 0.239. The van der Waals surface area contributed by atoms with Gasteiger partial charge in [-0.1, -0.05) is 12.1 Å². The second-order valence-electron chi connectivity index (χ2n) is 11.8. The number of morpholine rings is 1. The molecule has 3 aromatic heterocycles. The summed E-state index contributed by atoms with van der Waals surface area (Å²) in [5, 5.41) is 3.54. The number of H-pyrrole nitrogens is 1. The number of fused-ring (bicyclic) bond motifs is 1. The van der Waals surface area contributed by atoms with E-state index in [4.69, 9.17) is 15.5 Å². The fourth-order valence-electron chi connectivity index (χ4n) is 6.55. The molecule has 2 aliphatic heterocycles. The molecular weight excluding hydrogens is 660 g/mol. The van der Waals surface area contributed by atoms with Gasteiger partial charge < -0.3 is 25.3 Å². The first-order valence-corrected chi connectivity index (χ1v) is 17.6. The van der Waals surface area contributed by atoms with Gasteiger partial charge in [0, 0.05) is 61.1 Å². The SMILES string of the molecule is CCS(=O)(=O)N1CC[C@H](Nc2c(Br)cnc3nc(-c4cc(C)n(-c5ccc(C(C(N)=O)N6CCOCC6)cc5C)c4C)[nH]c23)C1. The van der Waals surface area contributed by atoms with E-state index in [1.165, 1.54) is 0 Å². The number of nitrogens with two attached hydrogens (primary N) is 1. The van der Waals surface area contributed by atoms with Crippen LogP contribution < -0.4 is 11.1 Å². The van der Waals surface area contributed by atoms with Gasteiger partial charge >= 0.3 is 0 Å². The first kappa shape index (κ1) is 31.7. The summed E-state index contributed by atoms with van der Waals surface area (Å²) >= 11 is 3.63. The number of aromatic nitrogens is 4. The zero-order valence-electron chi connectivity index (χ0n) is 25.9. The van der Waals surface area contributed by atoms with E-state index in [-0.39, 0.29) is 17.7 Å². The van der Waals surface area contributed by atoms with Crippen molar-refractivity contribution in [3.8, 4) is 17.1 Å². The maximum atomic E-state index is 12.5. The number of aromatic amines is 1. The fraction of sp³-hybridized carbons (Fsp3) is 0.452. The topological polar surface area (TPSA) is 151 Å². The van der Waals surface area contributed by atoms with Gasteiger partial charge in [0.2, 0.25) is 15.9 Å². The highest BCUT2D eigenvalue weighted by Crippen LogP contribution is 2.35. The molecule has 0 aliphatic carbocycles. The number of nitrogens with one attached hydrogen (secondary N) is 2. The number of aryl methyl sites for hydroxylation is 2. The lowest BCUT2D eigenvalue weighted by molar-refractivity contribution is -0.125. The second-order valence-corrected chi connectivity index (χ2v) is 14.9. The predicted octanol–water partition coefficient (Wildman–Crippen LogP) is 3.80. The minimum atomic E-state index is -3.24. The number of carbonyl (C=O) groups is 1. The van der Waals surface area contributed by atoms with Crippen LogP contribution in [0.25, 0.3) is 28.2 Å². The van der Waals surface area contributed by atoms with Crippen LogP contribution in [0, 0.1) is 20.8 Å². The number of primary amides is 1. The fourth-order valence-corrected chi connectivity index (χ4v) is 8.12. The summed E-state index contributed by atoms with van der Waals surface area (Å²) in [6.45, 7) is 11.2. The molecule has 2 fully saturated rings. The number of hydrogen-bond donors (Lipinski definition) is 3. The lowest BCUT2D eigenvalue weighted by Crippen LogP contribution is -2.44. The molecule has 0 radical (unpaired) electrons. The molecule has 2 aliphatic rings. The van der Waals surface area contributed by atoms with Crippen molar-refractivity contribution < 1.29 is 17.9 Å². The van der Waals surface area contributed by atoms with Crippen molar-refractivity contribution in [1.29, 1.82) is 0 Å². The normalized spacial score (nSPS) is 18.9. The number of nitrogens with zero attached hydrogens (tertiary/aromatic N) is 5. The number of hydrogen-bond acceptors (Lipinski definition) is 8. The number of imidazole rings is 1. The number of amides is 1. The van der Waals surface area contributed by atoms with Crippen LogP contribution in [0.1, 0.15) is 41.9 Å². The summed E-state index contributed by atoms with van der Waals surface area (Å²) in [6, 6.07) is 7.66. The van der Waals surface area contributed by atoms with Gasteiger partial charge in [-0.3, -0.25) is 9.69 Å². The number of rotatable bonds is 9. The number of halogens is 1. The molecule has 0 bridgehead atoms. The second kappa shape index (κ2) is 12.5. The molecule has 5 heterocycles. The van der Waals surface area contributed by atoms with Crippen molar-refractivity contribution >= 4 is 48.7 Å². The minimum absolute atomic E-state index is 0.0339. The molecule has 1 aromatic carbocycles. The highest BCUT2D eigenvalue weighted by atomic mass is 79.9. The largest absolute Gasteiger partial charge is 0.379 e. The summed E-state index contributed by atoms with van der Waals surface area (Å²) in [7, 11) is -3.24. The maximum Gasteiger partial charge on any atom is 0.239 e. The third-order valence-corrected chi connectivity index (χ3v) is 11.3. The summed E-state index contributed by atoms with van der Waals surface area (Å²) in [5.74, 6) is 0.418. The van der Waals surface area contributed by atoms with Crippen molar-refractivity contribution in [3.63, 3.8) is 0 Å². The molecule has 0 saturated carbocycles. The first-order valence-electron chi connectivity index (χ1n) is 15.2. The standard InChI is InChI=1S/C31H39BrN8O4S/c1-5-45(42,43)39-9-8-22(17-39)35-26-24(32)16-34-31-27(26)36-30(37-31)23-15-19(3)40(20(23)4)25-7-6-21(14-18(25)2)28(29(33)41)38-10-12-44-13-11-38/h6-7,14-16,22,28H,5,8-13,17H2,1-4H3,(H2,33,41)(H2,34,35,36,37)/t22-,28?/m0/s1. The Morgan fingerprint density at radius 3 is 2.64 bits per heavy atom. The average molecular weight is 700 g/mol. The molecule has 6 rings (SSSR count). The molecule has 45 heavy (non-hydrogen) atoms. The Balaban J connectivity index is 1.31. The van der Waals surface area contributed by atoms with Gasteiger partial charge in [-0.15, -0.1) is 0 Å². The molecule has 4 N–H and O–H groups in total. The highest BCUT2D eigenvalue weighted by molar-refractivity contribution is 9.10. The Labute approximate surface area is 271 Å². The first-order chi connectivity index (χ1) is 21.5. The lowest BCUT2D eigenvalue weighted by Gasteiger charge is -2.33. The molecule has 4 aromatic rings. The van der Waals surface area contributed by atoms with Crippen molar-refractivity contribution in [2.75, 3.05) is 50.5 Å². The van der Waals surface area contributed by atoms with E-state index >= 15 is 0 Å². The summed E-state index contributed by atoms with van der Waals surface area (Å²) in [5.41, 5.74) is 13.9. The van der Waals surface area contributed by atoms with Crippen molar-refractivity contribution in [3.05, 3.63) is 57.4 Å². The highest BCUT2D eigenvalue weighted by Gasteiger charge is 2.31. The molecule has 0 spiro atoms. The third-order valence-electron chi connectivity index (χ3n) is 8.88. The zero-order valence-corrected chi connectivity index (χ0v) is 28.3. The molecule has 1 amide bonds. The Morgan fingerprint density at radius 2 is 1.96 bits per heavy atom. The summed E-state index contributed by atoms with van der Waals surface area (Å²) in [6.07, 6.45) is 2.43. The third kappa shape index (κ3) is 6.01. The molecule has 2 atom stereocenters. The Morgan fingerprint density at radius 1 is 1.20 bits per heavy atom. The smallest absolute Gasteiger partial charge is 0.239 e. The summed E-state index contributed by atoms with van der Waals surface area (Å²) < 4.78 is 34.8. The number of anilines is 1. The van der Waals surface area contributed by atoms with Gasteiger partial charge in [0.1, 0.15) is 17.4 Å². The van der Waals surface area contributed by atoms with E-state index in [1.54, 1.807) is 17.4 Å². The van der Waals surface area contributed by atoms with Gasteiger partial charge in [-0.25, -0.2) is 18.4 Å². The van der Waals surface area contributed by atoms with E-state index in [2.05, 4.69) is 66.7 Å². The van der Waals surface area contributed by atoms with Crippen LogP contribution in [0.15, 0.2) is 34.9 Å².